The Hall–Kier alpha value is -3.41. The summed E-state index contributed by atoms with van der Waals surface area (Å²) < 4.78 is 35.6. The molecule has 0 saturated heterocycles. The summed E-state index contributed by atoms with van der Waals surface area (Å²) in [7, 11) is 1.55. The van der Waals surface area contributed by atoms with E-state index >= 15 is 0 Å². The molecule has 154 valence electrons. The van der Waals surface area contributed by atoms with Gasteiger partial charge in [-0.2, -0.15) is 8.78 Å². The molecule has 1 N–H and O–H groups in total. The normalized spacial score (nSPS) is 14.3. The van der Waals surface area contributed by atoms with Gasteiger partial charge in [-0.15, -0.1) is 0 Å². The van der Waals surface area contributed by atoms with Crippen LogP contribution in [0.5, 0.6) is 11.5 Å². The standard InChI is InChI=1S/C24H21F2NO3/c1-29-19-10-7-16(8-11-19)20-15-18(9-12-21(20)30-23(25)26)27-22(28)24(13-14-24)17-5-3-2-4-6-17/h2-12,15,23H,13-14H2,1H3,(H,27,28). The van der Waals surface area contributed by atoms with E-state index in [1.807, 2.05) is 30.3 Å². The van der Waals surface area contributed by atoms with Gasteiger partial charge in [-0.25, -0.2) is 0 Å². The Labute approximate surface area is 173 Å². The number of carbonyl (C=O) groups excluding carboxylic acids is 1. The summed E-state index contributed by atoms with van der Waals surface area (Å²) in [6.07, 6.45) is 1.56. The lowest BCUT2D eigenvalue weighted by atomic mass is 9.95. The van der Waals surface area contributed by atoms with Gasteiger partial charge in [0.1, 0.15) is 11.5 Å². The molecule has 0 heterocycles. The predicted molar refractivity (Wildman–Crippen MR) is 111 cm³/mol. The van der Waals surface area contributed by atoms with E-state index in [0.717, 1.165) is 18.4 Å². The first kappa shape index (κ1) is 19.9. The van der Waals surface area contributed by atoms with Gasteiger partial charge in [-0.05, 0) is 54.3 Å². The van der Waals surface area contributed by atoms with Crippen molar-refractivity contribution in [3.8, 4) is 22.6 Å². The smallest absolute Gasteiger partial charge is 0.387 e. The van der Waals surface area contributed by atoms with Crippen LogP contribution >= 0.6 is 0 Å². The van der Waals surface area contributed by atoms with E-state index in [9.17, 15) is 13.6 Å². The molecule has 4 nitrogen and oxygen atoms in total. The first-order valence-corrected chi connectivity index (χ1v) is 9.62. The molecule has 0 unspecified atom stereocenters. The van der Waals surface area contributed by atoms with Crippen LogP contribution in [0.4, 0.5) is 14.5 Å². The van der Waals surface area contributed by atoms with Crippen LogP contribution < -0.4 is 14.8 Å². The van der Waals surface area contributed by atoms with Gasteiger partial charge in [-0.1, -0.05) is 42.5 Å². The number of nitrogens with one attached hydrogen (secondary N) is 1. The van der Waals surface area contributed by atoms with E-state index in [-0.39, 0.29) is 11.7 Å². The number of hydrogen-bond acceptors (Lipinski definition) is 3. The zero-order valence-electron chi connectivity index (χ0n) is 16.4. The van der Waals surface area contributed by atoms with E-state index in [2.05, 4.69) is 10.1 Å². The van der Waals surface area contributed by atoms with Crippen molar-refractivity contribution >= 4 is 11.6 Å². The fourth-order valence-electron chi connectivity index (χ4n) is 3.58. The molecule has 1 saturated carbocycles. The number of halogens is 2. The highest BCUT2D eigenvalue weighted by molar-refractivity contribution is 6.02. The predicted octanol–water partition coefficient (Wildman–Crippen LogP) is 5.63. The van der Waals surface area contributed by atoms with E-state index in [4.69, 9.17) is 4.74 Å². The molecule has 3 aromatic carbocycles. The second kappa shape index (κ2) is 8.14. The second-order valence-electron chi connectivity index (χ2n) is 7.22. The summed E-state index contributed by atoms with van der Waals surface area (Å²) in [4.78, 5) is 13.0. The van der Waals surface area contributed by atoms with Crippen LogP contribution in [0, 0.1) is 0 Å². The van der Waals surface area contributed by atoms with Gasteiger partial charge in [0.05, 0.1) is 12.5 Å². The highest BCUT2D eigenvalue weighted by Gasteiger charge is 2.51. The van der Waals surface area contributed by atoms with Gasteiger partial charge in [-0.3, -0.25) is 4.79 Å². The highest BCUT2D eigenvalue weighted by atomic mass is 19.3. The van der Waals surface area contributed by atoms with Gasteiger partial charge in [0.25, 0.3) is 0 Å². The Morgan fingerprint density at radius 3 is 2.30 bits per heavy atom. The molecule has 0 spiro atoms. The number of ether oxygens (including phenoxy) is 2. The van der Waals surface area contributed by atoms with Gasteiger partial charge in [0.2, 0.25) is 5.91 Å². The molecular weight excluding hydrogens is 388 g/mol. The summed E-state index contributed by atoms with van der Waals surface area (Å²) in [6.45, 7) is -2.95. The van der Waals surface area contributed by atoms with E-state index in [0.29, 0.717) is 22.6 Å². The maximum absolute atomic E-state index is 13.0. The number of methoxy groups -OCH3 is 1. The largest absolute Gasteiger partial charge is 0.497 e. The molecule has 3 aromatic rings. The minimum absolute atomic E-state index is 0.0392. The molecule has 0 atom stereocenters. The van der Waals surface area contributed by atoms with Crippen molar-refractivity contribution in [2.24, 2.45) is 0 Å². The van der Waals surface area contributed by atoms with Crippen LogP contribution in [0.2, 0.25) is 0 Å². The molecule has 1 aliphatic carbocycles. The quantitative estimate of drug-likeness (QED) is 0.550. The zero-order valence-corrected chi connectivity index (χ0v) is 16.4. The SMILES string of the molecule is COc1ccc(-c2cc(NC(=O)C3(c4ccccc4)CC3)ccc2OC(F)F)cc1. The molecule has 1 fully saturated rings. The van der Waals surface area contributed by atoms with Crippen LogP contribution in [0.15, 0.2) is 72.8 Å². The molecule has 4 rings (SSSR count). The van der Waals surface area contributed by atoms with Crippen LogP contribution in [-0.4, -0.2) is 19.6 Å². The highest BCUT2D eigenvalue weighted by Crippen LogP contribution is 2.49. The molecule has 1 aliphatic rings. The third kappa shape index (κ3) is 3.99. The van der Waals surface area contributed by atoms with Crippen LogP contribution in [0.3, 0.4) is 0 Å². The maximum Gasteiger partial charge on any atom is 0.387 e. The average molecular weight is 409 g/mol. The minimum atomic E-state index is -2.95. The van der Waals surface area contributed by atoms with Crippen molar-refractivity contribution in [2.75, 3.05) is 12.4 Å². The Morgan fingerprint density at radius 2 is 1.70 bits per heavy atom. The number of alkyl halides is 2. The maximum atomic E-state index is 13.0. The summed E-state index contributed by atoms with van der Waals surface area (Å²) in [6, 6.07) is 21.3. The average Bonchev–Trinajstić information content (AvgIpc) is 3.57. The van der Waals surface area contributed by atoms with Crippen molar-refractivity contribution in [1.82, 2.24) is 0 Å². The summed E-state index contributed by atoms with van der Waals surface area (Å²) in [5.74, 6) is 0.590. The Morgan fingerprint density at radius 1 is 1.00 bits per heavy atom. The first-order valence-electron chi connectivity index (χ1n) is 9.62. The van der Waals surface area contributed by atoms with E-state index < -0.39 is 12.0 Å². The number of anilines is 1. The number of carbonyl (C=O) groups is 1. The lowest BCUT2D eigenvalue weighted by molar-refractivity contribution is -0.118. The molecule has 30 heavy (non-hydrogen) atoms. The fraction of sp³-hybridized carbons (Fsp3) is 0.208. The summed E-state index contributed by atoms with van der Waals surface area (Å²) >= 11 is 0. The third-order valence-electron chi connectivity index (χ3n) is 5.37. The van der Waals surface area contributed by atoms with Crippen LogP contribution in [-0.2, 0) is 10.2 Å². The van der Waals surface area contributed by atoms with Gasteiger partial charge < -0.3 is 14.8 Å². The van der Waals surface area contributed by atoms with E-state index in [1.165, 1.54) is 6.07 Å². The summed E-state index contributed by atoms with van der Waals surface area (Å²) in [5, 5.41) is 2.95. The Bertz CT molecular complexity index is 1030. The Kier molecular flexibility index (Phi) is 5.40. The van der Waals surface area contributed by atoms with Crippen molar-refractivity contribution in [1.29, 1.82) is 0 Å². The van der Waals surface area contributed by atoms with Crippen LogP contribution in [0.1, 0.15) is 18.4 Å². The molecule has 0 aliphatic heterocycles. The first-order chi connectivity index (χ1) is 14.5. The van der Waals surface area contributed by atoms with E-state index in [1.54, 1.807) is 43.5 Å². The molecule has 1 amide bonds. The lowest BCUT2D eigenvalue weighted by Crippen LogP contribution is -2.27. The Balaban J connectivity index is 1.63. The van der Waals surface area contributed by atoms with Crippen molar-refractivity contribution in [2.45, 2.75) is 24.9 Å². The van der Waals surface area contributed by atoms with Gasteiger partial charge in [0, 0.05) is 11.3 Å². The molecule has 0 aromatic heterocycles. The van der Waals surface area contributed by atoms with Crippen molar-refractivity contribution in [3.05, 3.63) is 78.4 Å². The van der Waals surface area contributed by atoms with Gasteiger partial charge in [0.15, 0.2) is 0 Å². The van der Waals surface area contributed by atoms with Crippen molar-refractivity contribution < 1.29 is 23.0 Å². The topological polar surface area (TPSA) is 47.6 Å². The summed E-state index contributed by atoms with van der Waals surface area (Å²) in [5.41, 5.74) is 2.11. The fourth-order valence-corrected chi connectivity index (χ4v) is 3.58. The monoisotopic (exact) mass is 409 g/mol. The molecule has 6 heteroatoms. The number of rotatable bonds is 7. The molecule has 0 bridgehead atoms. The zero-order chi connectivity index (χ0) is 21.1. The number of benzene rings is 3. The number of amides is 1. The molecule has 0 radical (unpaired) electrons. The van der Waals surface area contributed by atoms with Crippen molar-refractivity contribution in [3.63, 3.8) is 0 Å². The second-order valence-corrected chi connectivity index (χ2v) is 7.22. The minimum Gasteiger partial charge on any atom is -0.497 e. The van der Waals surface area contributed by atoms with Gasteiger partial charge >= 0.3 is 6.61 Å². The third-order valence-corrected chi connectivity index (χ3v) is 5.37. The molecular formula is C24H21F2NO3. The number of hydrogen-bond donors (Lipinski definition) is 1. The van der Waals surface area contributed by atoms with Crippen LogP contribution in [0.25, 0.3) is 11.1 Å². The lowest BCUT2D eigenvalue weighted by Gasteiger charge is -2.17.